The lowest BCUT2D eigenvalue weighted by atomic mass is 9.77. The van der Waals surface area contributed by atoms with Gasteiger partial charge in [-0.3, -0.25) is 0 Å². The van der Waals surface area contributed by atoms with Crippen LogP contribution in [0, 0.1) is 0 Å². The van der Waals surface area contributed by atoms with Gasteiger partial charge in [0, 0.05) is 6.10 Å². The molecule has 1 saturated heterocycles. The van der Waals surface area contributed by atoms with Crippen LogP contribution < -0.4 is 0 Å². The quantitative estimate of drug-likeness (QED) is 0.619. The SMILES string of the molecule is CC(C)(C)[Si](C)(C)OC1CBCC1. The summed E-state index contributed by atoms with van der Waals surface area (Å²) in [6.07, 6.45) is 4.55. The lowest BCUT2D eigenvalue weighted by Crippen LogP contribution is -2.43. The minimum Gasteiger partial charge on any atom is -0.415 e. The summed E-state index contributed by atoms with van der Waals surface area (Å²) in [6, 6.07) is 0. The second-order valence-electron chi connectivity index (χ2n) is 5.78. The maximum atomic E-state index is 6.30. The molecule has 0 aromatic heterocycles. The largest absolute Gasteiger partial charge is 0.415 e. The van der Waals surface area contributed by atoms with Gasteiger partial charge < -0.3 is 4.43 Å². The third-order valence-electron chi connectivity index (χ3n) is 3.57. The monoisotopic (exact) mass is 198 g/mol. The van der Waals surface area contributed by atoms with Crippen LogP contribution in [0.5, 0.6) is 0 Å². The van der Waals surface area contributed by atoms with Crippen molar-refractivity contribution in [1.29, 1.82) is 0 Å². The van der Waals surface area contributed by atoms with Crippen LogP contribution in [0.2, 0.25) is 30.8 Å². The molecule has 13 heavy (non-hydrogen) atoms. The molecule has 1 fully saturated rings. The highest BCUT2D eigenvalue weighted by Crippen LogP contribution is 2.38. The second kappa shape index (κ2) is 3.78. The summed E-state index contributed by atoms with van der Waals surface area (Å²) in [7, 11) is -0.0956. The Bertz CT molecular complexity index is 168. The fraction of sp³-hybridized carbons (Fsp3) is 1.00. The Morgan fingerprint density at radius 1 is 1.31 bits per heavy atom. The molecule has 0 saturated carbocycles. The van der Waals surface area contributed by atoms with Crippen molar-refractivity contribution in [2.24, 2.45) is 0 Å². The van der Waals surface area contributed by atoms with E-state index in [0.717, 1.165) is 0 Å². The molecule has 3 heteroatoms. The maximum Gasteiger partial charge on any atom is 0.192 e. The van der Waals surface area contributed by atoms with Crippen molar-refractivity contribution in [2.75, 3.05) is 0 Å². The average Bonchev–Trinajstić information content (AvgIpc) is 2.35. The first-order chi connectivity index (χ1) is 5.83. The van der Waals surface area contributed by atoms with E-state index in [9.17, 15) is 0 Å². The van der Waals surface area contributed by atoms with Gasteiger partial charge in [-0.2, -0.15) is 0 Å². The van der Waals surface area contributed by atoms with Gasteiger partial charge in [-0.15, -0.1) is 0 Å². The standard InChI is InChI=1S/C10H23BOSi/c1-10(2,3)13(4,5)12-9-6-7-11-8-9/h9,11H,6-8H2,1-5H3. The molecule has 76 valence electrons. The van der Waals surface area contributed by atoms with Crippen molar-refractivity contribution < 1.29 is 4.43 Å². The van der Waals surface area contributed by atoms with Crippen LogP contribution in [0.4, 0.5) is 0 Å². The highest BCUT2D eigenvalue weighted by molar-refractivity contribution is 6.74. The van der Waals surface area contributed by atoms with Crippen molar-refractivity contribution >= 4 is 15.6 Å². The molecule has 1 rings (SSSR count). The van der Waals surface area contributed by atoms with Crippen molar-refractivity contribution in [3.05, 3.63) is 0 Å². The van der Waals surface area contributed by atoms with Gasteiger partial charge in [0.05, 0.1) is 0 Å². The normalized spacial score (nSPS) is 24.5. The van der Waals surface area contributed by atoms with Crippen molar-refractivity contribution in [3.63, 3.8) is 0 Å². The fourth-order valence-corrected chi connectivity index (χ4v) is 3.02. The molecule has 0 bridgehead atoms. The number of rotatable bonds is 2. The van der Waals surface area contributed by atoms with Gasteiger partial charge in [0.1, 0.15) is 7.28 Å². The lowest BCUT2D eigenvalue weighted by molar-refractivity contribution is 0.203. The third kappa shape index (κ3) is 2.85. The number of hydrogen-bond acceptors (Lipinski definition) is 1. The van der Waals surface area contributed by atoms with E-state index >= 15 is 0 Å². The lowest BCUT2D eigenvalue weighted by Gasteiger charge is -2.38. The van der Waals surface area contributed by atoms with Crippen LogP contribution in [0.25, 0.3) is 0 Å². The van der Waals surface area contributed by atoms with E-state index in [1.807, 2.05) is 0 Å². The molecule has 0 N–H and O–H groups in total. The van der Waals surface area contributed by atoms with E-state index < -0.39 is 8.32 Å². The van der Waals surface area contributed by atoms with Crippen molar-refractivity contribution in [1.82, 2.24) is 0 Å². The van der Waals surface area contributed by atoms with E-state index in [2.05, 4.69) is 33.9 Å². The third-order valence-corrected chi connectivity index (χ3v) is 8.10. The van der Waals surface area contributed by atoms with Crippen LogP contribution in [-0.4, -0.2) is 21.7 Å². The van der Waals surface area contributed by atoms with Crippen LogP contribution in [0.1, 0.15) is 27.2 Å². The summed E-state index contributed by atoms with van der Waals surface area (Å²) < 4.78 is 6.30. The van der Waals surface area contributed by atoms with Gasteiger partial charge in [-0.25, -0.2) is 0 Å². The molecule has 0 aromatic rings. The molecular formula is C10H23BOSi. The average molecular weight is 198 g/mol. The summed E-state index contributed by atoms with van der Waals surface area (Å²) in [5.74, 6) is 0. The Morgan fingerprint density at radius 2 is 1.92 bits per heavy atom. The molecule has 1 nitrogen and oxygen atoms in total. The van der Waals surface area contributed by atoms with Crippen molar-refractivity contribution in [3.8, 4) is 0 Å². The van der Waals surface area contributed by atoms with E-state index in [1.54, 1.807) is 0 Å². The molecule has 1 aliphatic rings. The molecule has 0 amide bonds. The van der Waals surface area contributed by atoms with Gasteiger partial charge in [-0.1, -0.05) is 33.4 Å². The summed E-state index contributed by atoms with van der Waals surface area (Å²) in [6.45, 7) is 11.6. The van der Waals surface area contributed by atoms with E-state index in [1.165, 1.54) is 26.3 Å². The van der Waals surface area contributed by atoms with Gasteiger partial charge in [0.25, 0.3) is 0 Å². The Labute approximate surface area is 84.6 Å². The smallest absolute Gasteiger partial charge is 0.192 e. The predicted octanol–water partition coefficient (Wildman–Crippen LogP) is 3.05. The minimum absolute atomic E-state index is 0.371. The zero-order valence-electron chi connectivity index (χ0n) is 9.81. The zero-order chi connectivity index (χ0) is 10.1. The van der Waals surface area contributed by atoms with Gasteiger partial charge in [-0.05, 0) is 24.6 Å². The molecular weight excluding hydrogens is 175 g/mol. The Hall–Kier alpha value is 0.242. The first kappa shape index (κ1) is 11.3. The summed E-state index contributed by atoms with van der Waals surface area (Å²) in [5.41, 5.74) is 0. The molecule has 0 aromatic carbocycles. The van der Waals surface area contributed by atoms with E-state index in [4.69, 9.17) is 4.43 Å². The second-order valence-corrected chi connectivity index (χ2v) is 10.5. The first-order valence-corrected chi connectivity index (χ1v) is 8.41. The van der Waals surface area contributed by atoms with Crippen LogP contribution in [-0.2, 0) is 4.43 Å². The van der Waals surface area contributed by atoms with Gasteiger partial charge in [0.2, 0.25) is 0 Å². The van der Waals surface area contributed by atoms with E-state index in [0.29, 0.717) is 11.1 Å². The fourth-order valence-electron chi connectivity index (χ4n) is 1.60. The minimum atomic E-state index is -1.47. The Balaban J connectivity index is 2.50. The summed E-state index contributed by atoms with van der Waals surface area (Å²) in [5, 5.41) is 0.371. The van der Waals surface area contributed by atoms with Crippen molar-refractivity contribution in [2.45, 2.75) is 64.1 Å². The van der Waals surface area contributed by atoms with Crippen LogP contribution in [0.3, 0.4) is 0 Å². The molecule has 0 aliphatic carbocycles. The van der Waals surface area contributed by atoms with Crippen LogP contribution >= 0.6 is 0 Å². The number of hydrogen-bond donors (Lipinski definition) is 0. The molecule has 0 spiro atoms. The molecule has 1 unspecified atom stereocenters. The van der Waals surface area contributed by atoms with E-state index in [-0.39, 0.29) is 0 Å². The Kier molecular flexibility index (Phi) is 3.29. The Morgan fingerprint density at radius 3 is 2.31 bits per heavy atom. The highest BCUT2D eigenvalue weighted by Gasteiger charge is 2.39. The molecule has 1 heterocycles. The maximum absolute atomic E-state index is 6.30. The van der Waals surface area contributed by atoms with Gasteiger partial charge in [0.15, 0.2) is 8.32 Å². The highest BCUT2D eigenvalue weighted by atomic mass is 28.4. The topological polar surface area (TPSA) is 9.23 Å². The molecule has 0 radical (unpaired) electrons. The van der Waals surface area contributed by atoms with Gasteiger partial charge >= 0.3 is 0 Å². The zero-order valence-corrected chi connectivity index (χ0v) is 10.8. The first-order valence-electron chi connectivity index (χ1n) is 5.51. The molecule has 1 atom stereocenters. The predicted molar refractivity (Wildman–Crippen MR) is 63.5 cm³/mol. The van der Waals surface area contributed by atoms with Crippen LogP contribution in [0.15, 0.2) is 0 Å². The molecule has 1 aliphatic heterocycles. The summed E-state index contributed by atoms with van der Waals surface area (Å²) >= 11 is 0. The summed E-state index contributed by atoms with van der Waals surface area (Å²) in [4.78, 5) is 0.